The van der Waals surface area contributed by atoms with E-state index in [4.69, 9.17) is 4.74 Å². The van der Waals surface area contributed by atoms with Crippen LogP contribution in [0.5, 0.6) is 0 Å². The molecule has 1 saturated heterocycles. The van der Waals surface area contributed by atoms with E-state index in [0.717, 1.165) is 24.3 Å². The molecular formula is C18H19N9O2. The maximum atomic E-state index is 12.6. The molecule has 29 heavy (non-hydrogen) atoms. The van der Waals surface area contributed by atoms with Gasteiger partial charge in [0, 0.05) is 30.9 Å². The zero-order valence-electron chi connectivity index (χ0n) is 16.0. The van der Waals surface area contributed by atoms with E-state index >= 15 is 0 Å². The molecule has 1 aliphatic rings. The zero-order chi connectivity index (χ0) is 20.0. The van der Waals surface area contributed by atoms with Crippen LogP contribution in [0.4, 0.5) is 5.95 Å². The van der Waals surface area contributed by atoms with E-state index in [1.165, 1.54) is 10.7 Å². The number of ether oxygens (including phenoxy) is 1. The second kappa shape index (κ2) is 6.78. The normalized spacial score (nSPS) is 14.6. The Morgan fingerprint density at radius 3 is 2.76 bits per heavy atom. The van der Waals surface area contributed by atoms with Gasteiger partial charge in [-0.05, 0) is 26.0 Å². The minimum atomic E-state index is -0.228. The van der Waals surface area contributed by atoms with E-state index in [9.17, 15) is 4.79 Å². The lowest BCUT2D eigenvalue weighted by molar-refractivity contribution is 0.122. The molecule has 11 nitrogen and oxygen atoms in total. The fourth-order valence-electron chi connectivity index (χ4n) is 3.34. The minimum absolute atomic E-state index is 0.228. The molecule has 0 bridgehead atoms. The van der Waals surface area contributed by atoms with Crippen LogP contribution in [0, 0.1) is 13.8 Å². The molecule has 4 aromatic heterocycles. The molecule has 5 rings (SSSR count). The summed E-state index contributed by atoms with van der Waals surface area (Å²) in [7, 11) is 0. The molecule has 0 aromatic carbocycles. The van der Waals surface area contributed by atoms with Gasteiger partial charge < -0.3 is 9.64 Å². The van der Waals surface area contributed by atoms with Crippen LogP contribution in [0.1, 0.15) is 11.5 Å². The standard InChI is InChI=1S/C18H19N9O2/c1-11-13(10-19-18(20-11)25-5-7-29-8-6-25)14-9-17(28)27(23-14)16-4-3-15-22-21-12(2)26(15)24-16/h3-4,9-10,23H,5-8H2,1-2H3. The van der Waals surface area contributed by atoms with Crippen molar-refractivity contribution in [1.29, 1.82) is 0 Å². The van der Waals surface area contributed by atoms with Gasteiger partial charge in [-0.2, -0.15) is 9.20 Å². The molecule has 0 atom stereocenters. The van der Waals surface area contributed by atoms with Crippen LogP contribution in [-0.4, -0.2) is 65.9 Å². The first-order valence-electron chi connectivity index (χ1n) is 9.28. The molecule has 5 heterocycles. The topological polar surface area (TPSA) is 119 Å². The molecule has 0 saturated carbocycles. The van der Waals surface area contributed by atoms with Crippen molar-refractivity contribution in [1.82, 2.24) is 39.6 Å². The molecule has 0 spiro atoms. The first kappa shape index (κ1) is 17.5. The Morgan fingerprint density at radius 2 is 1.97 bits per heavy atom. The number of nitrogens with zero attached hydrogens (tertiary/aromatic N) is 8. The van der Waals surface area contributed by atoms with Crippen LogP contribution in [0.15, 0.2) is 29.2 Å². The Labute approximate surface area is 165 Å². The number of hydrogen-bond donors (Lipinski definition) is 1. The molecular weight excluding hydrogens is 374 g/mol. The lowest BCUT2D eigenvalue weighted by atomic mass is 10.2. The highest BCUT2D eigenvalue weighted by Crippen LogP contribution is 2.21. The number of anilines is 1. The Hall–Kier alpha value is -3.60. The molecule has 0 radical (unpaired) electrons. The highest BCUT2D eigenvalue weighted by molar-refractivity contribution is 5.61. The summed E-state index contributed by atoms with van der Waals surface area (Å²) in [6, 6.07) is 5.00. The second-order valence-electron chi connectivity index (χ2n) is 6.82. The van der Waals surface area contributed by atoms with Gasteiger partial charge in [0.1, 0.15) is 0 Å². The molecule has 148 valence electrons. The predicted molar refractivity (Wildman–Crippen MR) is 104 cm³/mol. The van der Waals surface area contributed by atoms with E-state index in [0.29, 0.717) is 42.1 Å². The van der Waals surface area contributed by atoms with Gasteiger partial charge in [0.05, 0.1) is 24.6 Å². The summed E-state index contributed by atoms with van der Waals surface area (Å²) in [6.07, 6.45) is 1.74. The Kier molecular flexibility index (Phi) is 4.09. The molecule has 0 unspecified atom stereocenters. The number of nitrogens with one attached hydrogen (secondary N) is 1. The van der Waals surface area contributed by atoms with Gasteiger partial charge in [0.25, 0.3) is 5.56 Å². The first-order valence-corrected chi connectivity index (χ1v) is 9.28. The average Bonchev–Trinajstić information content (AvgIpc) is 3.31. The van der Waals surface area contributed by atoms with Crippen molar-refractivity contribution >= 4 is 11.6 Å². The predicted octanol–water partition coefficient (Wildman–Crippen LogP) is 0.514. The number of H-pyrrole nitrogens is 1. The van der Waals surface area contributed by atoms with E-state index in [2.05, 4.69) is 35.3 Å². The monoisotopic (exact) mass is 393 g/mol. The number of hydrogen-bond acceptors (Lipinski definition) is 8. The smallest absolute Gasteiger partial charge is 0.273 e. The van der Waals surface area contributed by atoms with E-state index in [1.807, 2.05) is 6.92 Å². The van der Waals surface area contributed by atoms with Gasteiger partial charge in [0.15, 0.2) is 17.3 Å². The zero-order valence-corrected chi connectivity index (χ0v) is 16.0. The van der Waals surface area contributed by atoms with E-state index in [-0.39, 0.29) is 5.56 Å². The largest absolute Gasteiger partial charge is 0.378 e. The van der Waals surface area contributed by atoms with Crippen molar-refractivity contribution in [3.05, 3.63) is 46.3 Å². The first-order chi connectivity index (χ1) is 14.1. The third-order valence-corrected chi connectivity index (χ3v) is 4.90. The number of morpholine rings is 1. The summed E-state index contributed by atoms with van der Waals surface area (Å²) < 4.78 is 8.35. The maximum absolute atomic E-state index is 12.6. The van der Waals surface area contributed by atoms with Gasteiger partial charge >= 0.3 is 0 Å². The van der Waals surface area contributed by atoms with Gasteiger partial charge in [0.2, 0.25) is 5.95 Å². The Balaban J connectivity index is 1.51. The summed E-state index contributed by atoms with van der Waals surface area (Å²) in [5.74, 6) is 1.76. The lowest BCUT2D eigenvalue weighted by Gasteiger charge is -2.27. The fourth-order valence-corrected chi connectivity index (χ4v) is 3.34. The molecule has 1 aliphatic heterocycles. The quantitative estimate of drug-likeness (QED) is 0.535. The average molecular weight is 393 g/mol. The molecule has 1 fully saturated rings. The minimum Gasteiger partial charge on any atom is -0.378 e. The molecule has 11 heteroatoms. The Bertz CT molecular complexity index is 1250. The number of fused-ring (bicyclic) bond motifs is 1. The number of aryl methyl sites for hydroxylation is 2. The molecule has 4 aromatic rings. The molecule has 0 amide bonds. The van der Waals surface area contributed by atoms with E-state index in [1.54, 1.807) is 29.8 Å². The fraction of sp³-hybridized carbons (Fsp3) is 0.333. The third kappa shape index (κ3) is 3.05. The summed E-state index contributed by atoms with van der Waals surface area (Å²) in [6.45, 7) is 6.58. The highest BCUT2D eigenvalue weighted by atomic mass is 16.5. The van der Waals surface area contributed by atoms with Crippen LogP contribution in [0.2, 0.25) is 0 Å². The molecule has 1 N–H and O–H groups in total. The van der Waals surface area contributed by atoms with Crippen LogP contribution in [0.25, 0.3) is 22.7 Å². The lowest BCUT2D eigenvalue weighted by Crippen LogP contribution is -2.37. The second-order valence-corrected chi connectivity index (χ2v) is 6.82. The Morgan fingerprint density at radius 1 is 1.14 bits per heavy atom. The summed E-state index contributed by atoms with van der Waals surface area (Å²) >= 11 is 0. The summed E-state index contributed by atoms with van der Waals surface area (Å²) in [4.78, 5) is 23.8. The van der Waals surface area contributed by atoms with Crippen molar-refractivity contribution in [2.45, 2.75) is 13.8 Å². The number of rotatable bonds is 3. The van der Waals surface area contributed by atoms with Gasteiger partial charge in [-0.15, -0.1) is 15.3 Å². The highest BCUT2D eigenvalue weighted by Gasteiger charge is 2.17. The number of aromatic amines is 1. The van der Waals surface area contributed by atoms with Crippen LogP contribution < -0.4 is 10.5 Å². The van der Waals surface area contributed by atoms with Crippen LogP contribution in [-0.2, 0) is 4.74 Å². The van der Waals surface area contributed by atoms with Crippen molar-refractivity contribution < 1.29 is 4.74 Å². The SMILES string of the molecule is Cc1nc(N2CCOCC2)ncc1-c1cc(=O)n(-c2ccc3nnc(C)n3n2)[nH]1. The van der Waals surface area contributed by atoms with Gasteiger partial charge in [-0.1, -0.05) is 0 Å². The number of aromatic nitrogens is 8. The summed E-state index contributed by atoms with van der Waals surface area (Å²) in [5, 5.41) is 15.5. The van der Waals surface area contributed by atoms with E-state index < -0.39 is 0 Å². The van der Waals surface area contributed by atoms with Gasteiger partial charge in [-0.3, -0.25) is 9.89 Å². The van der Waals surface area contributed by atoms with Crippen LogP contribution in [0.3, 0.4) is 0 Å². The summed E-state index contributed by atoms with van der Waals surface area (Å²) in [5.41, 5.74) is 2.57. The van der Waals surface area contributed by atoms with Crippen molar-refractivity contribution in [2.24, 2.45) is 0 Å². The van der Waals surface area contributed by atoms with Crippen molar-refractivity contribution in [2.75, 3.05) is 31.2 Å². The van der Waals surface area contributed by atoms with Crippen LogP contribution >= 0.6 is 0 Å². The van der Waals surface area contributed by atoms with Crippen molar-refractivity contribution in [3.63, 3.8) is 0 Å². The third-order valence-electron chi connectivity index (χ3n) is 4.90. The maximum Gasteiger partial charge on any atom is 0.273 e. The van der Waals surface area contributed by atoms with Crippen molar-refractivity contribution in [3.8, 4) is 17.1 Å². The van der Waals surface area contributed by atoms with Gasteiger partial charge in [-0.25, -0.2) is 9.97 Å². The molecule has 0 aliphatic carbocycles.